The molecule has 0 atom stereocenters. The quantitative estimate of drug-likeness (QED) is 0.679. The minimum atomic E-state index is -0.618. The number of nitrogens with one attached hydrogen (secondary N) is 1. The Hall–Kier alpha value is -2.10. The lowest BCUT2D eigenvalue weighted by molar-refractivity contribution is -0.138. The van der Waals surface area contributed by atoms with Gasteiger partial charge in [-0.25, -0.2) is 4.79 Å². The van der Waals surface area contributed by atoms with Gasteiger partial charge in [0.1, 0.15) is 5.70 Å². The number of amides is 1. The molecule has 4 heteroatoms. The van der Waals surface area contributed by atoms with E-state index in [9.17, 15) is 9.59 Å². The van der Waals surface area contributed by atoms with Gasteiger partial charge in [0.15, 0.2) is 0 Å². The minimum Gasteiger partial charge on any atom is -0.461 e. The third-order valence-electron chi connectivity index (χ3n) is 2.80. The van der Waals surface area contributed by atoms with Gasteiger partial charge in [-0.3, -0.25) is 4.79 Å². The Labute approximate surface area is 119 Å². The van der Waals surface area contributed by atoms with Crippen molar-refractivity contribution in [1.82, 2.24) is 5.32 Å². The fourth-order valence-electron chi connectivity index (χ4n) is 1.60. The van der Waals surface area contributed by atoms with Gasteiger partial charge in [-0.15, -0.1) is 0 Å². The van der Waals surface area contributed by atoms with Crippen molar-refractivity contribution in [2.24, 2.45) is 0 Å². The first-order chi connectivity index (χ1) is 9.25. The van der Waals surface area contributed by atoms with Crippen LogP contribution in [0.5, 0.6) is 0 Å². The summed E-state index contributed by atoms with van der Waals surface area (Å²) in [6.07, 6.45) is 0. The molecule has 0 aliphatic rings. The summed E-state index contributed by atoms with van der Waals surface area (Å²) in [4.78, 5) is 23.3. The molecule has 0 spiro atoms. The predicted molar refractivity (Wildman–Crippen MR) is 78.4 cm³/mol. The topological polar surface area (TPSA) is 55.4 Å². The molecule has 20 heavy (non-hydrogen) atoms. The highest BCUT2D eigenvalue weighted by atomic mass is 16.5. The van der Waals surface area contributed by atoms with E-state index in [4.69, 9.17) is 4.74 Å². The van der Waals surface area contributed by atoms with Gasteiger partial charge in [0.2, 0.25) is 0 Å². The van der Waals surface area contributed by atoms with Crippen molar-refractivity contribution in [2.45, 2.75) is 33.1 Å². The highest BCUT2D eigenvalue weighted by molar-refractivity contribution is 6.00. The lowest BCUT2D eigenvalue weighted by atomic mass is 9.87. The maximum absolute atomic E-state index is 11.9. The van der Waals surface area contributed by atoms with Crippen LogP contribution in [0, 0.1) is 0 Å². The zero-order valence-corrected chi connectivity index (χ0v) is 12.4. The van der Waals surface area contributed by atoms with E-state index in [2.05, 4.69) is 32.7 Å². The minimum absolute atomic E-state index is 0.0313. The summed E-state index contributed by atoms with van der Waals surface area (Å²) in [7, 11) is 0. The summed E-state index contributed by atoms with van der Waals surface area (Å²) in [6.45, 7) is 11.7. The summed E-state index contributed by atoms with van der Waals surface area (Å²) in [6, 6.07) is 7.27. The van der Waals surface area contributed by atoms with E-state index in [-0.39, 0.29) is 23.6 Å². The zero-order chi connectivity index (χ0) is 15.3. The molecule has 0 heterocycles. The summed E-state index contributed by atoms with van der Waals surface area (Å²) in [5.41, 5.74) is 1.59. The first-order valence-electron chi connectivity index (χ1n) is 6.53. The summed E-state index contributed by atoms with van der Waals surface area (Å²) in [5.74, 6) is -0.990. The molecule has 0 saturated carbocycles. The number of carbonyl (C=O) groups excluding carboxylic acids is 2. The Morgan fingerprint density at radius 3 is 2.20 bits per heavy atom. The van der Waals surface area contributed by atoms with Crippen LogP contribution < -0.4 is 5.32 Å². The van der Waals surface area contributed by atoms with E-state index in [0.29, 0.717) is 5.56 Å². The van der Waals surface area contributed by atoms with Crippen LogP contribution in [0.3, 0.4) is 0 Å². The third-order valence-corrected chi connectivity index (χ3v) is 2.80. The van der Waals surface area contributed by atoms with Crippen LogP contribution >= 0.6 is 0 Å². The van der Waals surface area contributed by atoms with Crippen molar-refractivity contribution in [3.63, 3.8) is 0 Å². The molecule has 1 amide bonds. The molecule has 108 valence electrons. The number of esters is 1. The number of hydrogen-bond donors (Lipinski definition) is 1. The van der Waals surface area contributed by atoms with Crippen molar-refractivity contribution in [1.29, 1.82) is 0 Å². The van der Waals surface area contributed by atoms with Gasteiger partial charge in [-0.2, -0.15) is 0 Å². The third kappa shape index (κ3) is 4.23. The SMILES string of the molecule is C=C(NC(=O)c1ccc(C(C)(C)C)cc1)C(=O)OCC. The second kappa shape index (κ2) is 6.37. The van der Waals surface area contributed by atoms with Crippen molar-refractivity contribution >= 4 is 11.9 Å². The highest BCUT2D eigenvalue weighted by Gasteiger charge is 2.16. The normalized spacial score (nSPS) is 10.8. The smallest absolute Gasteiger partial charge is 0.354 e. The van der Waals surface area contributed by atoms with Gasteiger partial charge in [0.05, 0.1) is 6.61 Å². The Morgan fingerprint density at radius 2 is 1.75 bits per heavy atom. The second-order valence-electron chi connectivity index (χ2n) is 5.48. The van der Waals surface area contributed by atoms with Crippen molar-refractivity contribution in [2.75, 3.05) is 6.61 Å². The summed E-state index contributed by atoms with van der Waals surface area (Å²) >= 11 is 0. The summed E-state index contributed by atoms with van der Waals surface area (Å²) in [5, 5.41) is 2.43. The molecule has 4 nitrogen and oxygen atoms in total. The van der Waals surface area contributed by atoms with Gasteiger partial charge in [0, 0.05) is 5.56 Å². The van der Waals surface area contributed by atoms with Crippen LogP contribution in [0.25, 0.3) is 0 Å². The van der Waals surface area contributed by atoms with E-state index >= 15 is 0 Å². The number of rotatable bonds is 4. The van der Waals surface area contributed by atoms with Crippen molar-refractivity contribution in [3.05, 3.63) is 47.7 Å². The molecular weight excluding hydrogens is 254 g/mol. The molecule has 0 aromatic heterocycles. The number of carbonyl (C=O) groups is 2. The average Bonchev–Trinajstić information content (AvgIpc) is 2.38. The molecule has 0 fully saturated rings. The highest BCUT2D eigenvalue weighted by Crippen LogP contribution is 2.22. The van der Waals surface area contributed by atoms with Crippen LogP contribution in [0.4, 0.5) is 0 Å². The Balaban J connectivity index is 2.74. The average molecular weight is 275 g/mol. The first kappa shape index (κ1) is 16.0. The molecule has 0 aliphatic carbocycles. The Bertz CT molecular complexity index is 510. The standard InChI is InChI=1S/C16H21NO3/c1-6-20-15(19)11(2)17-14(18)12-7-9-13(10-8-12)16(3,4)5/h7-10H,2,6H2,1,3-5H3,(H,17,18). The molecular formula is C16H21NO3. The molecule has 0 aliphatic heterocycles. The fourth-order valence-corrected chi connectivity index (χ4v) is 1.60. The molecule has 0 saturated heterocycles. The van der Waals surface area contributed by atoms with Crippen LogP contribution in [-0.4, -0.2) is 18.5 Å². The monoisotopic (exact) mass is 275 g/mol. The maximum Gasteiger partial charge on any atom is 0.354 e. The van der Waals surface area contributed by atoms with E-state index < -0.39 is 5.97 Å². The van der Waals surface area contributed by atoms with Crippen molar-refractivity contribution in [3.8, 4) is 0 Å². The Kier molecular flexibility index (Phi) is 5.08. The molecule has 1 N–H and O–H groups in total. The molecule has 1 aromatic rings. The summed E-state index contributed by atoms with van der Waals surface area (Å²) < 4.78 is 4.75. The van der Waals surface area contributed by atoms with Crippen molar-refractivity contribution < 1.29 is 14.3 Å². The van der Waals surface area contributed by atoms with E-state index in [1.54, 1.807) is 19.1 Å². The molecule has 0 radical (unpaired) electrons. The van der Waals surface area contributed by atoms with E-state index in [1.165, 1.54) is 0 Å². The predicted octanol–water partition coefficient (Wildman–Crippen LogP) is 2.79. The lowest BCUT2D eigenvalue weighted by Gasteiger charge is -2.19. The van der Waals surface area contributed by atoms with Gasteiger partial charge in [0.25, 0.3) is 5.91 Å². The van der Waals surface area contributed by atoms with Crippen LogP contribution in [0.15, 0.2) is 36.5 Å². The lowest BCUT2D eigenvalue weighted by Crippen LogP contribution is -2.28. The number of ether oxygens (including phenoxy) is 1. The molecule has 1 aromatic carbocycles. The van der Waals surface area contributed by atoms with Crippen LogP contribution in [-0.2, 0) is 14.9 Å². The molecule has 0 bridgehead atoms. The van der Waals surface area contributed by atoms with Crippen LogP contribution in [0.1, 0.15) is 43.6 Å². The maximum atomic E-state index is 11.9. The zero-order valence-electron chi connectivity index (χ0n) is 12.4. The molecule has 1 rings (SSSR count). The Morgan fingerprint density at radius 1 is 1.20 bits per heavy atom. The number of hydrogen-bond acceptors (Lipinski definition) is 3. The second-order valence-corrected chi connectivity index (χ2v) is 5.48. The van der Waals surface area contributed by atoms with Gasteiger partial charge in [-0.05, 0) is 30.0 Å². The van der Waals surface area contributed by atoms with E-state index in [1.807, 2.05) is 12.1 Å². The van der Waals surface area contributed by atoms with Crippen LogP contribution in [0.2, 0.25) is 0 Å². The van der Waals surface area contributed by atoms with E-state index in [0.717, 1.165) is 5.56 Å². The fraction of sp³-hybridized carbons (Fsp3) is 0.375. The largest absolute Gasteiger partial charge is 0.461 e. The van der Waals surface area contributed by atoms with Gasteiger partial charge >= 0.3 is 5.97 Å². The van der Waals surface area contributed by atoms with Gasteiger partial charge < -0.3 is 10.1 Å². The number of benzene rings is 1. The van der Waals surface area contributed by atoms with Gasteiger partial charge in [-0.1, -0.05) is 39.5 Å². The molecule has 0 unspecified atom stereocenters. The first-order valence-corrected chi connectivity index (χ1v) is 6.53.